The lowest BCUT2D eigenvalue weighted by Gasteiger charge is -2.57. The number of imide groups is 1. The van der Waals surface area contributed by atoms with Gasteiger partial charge in [0, 0.05) is 5.75 Å². The van der Waals surface area contributed by atoms with Gasteiger partial charge in [0.2, 0.25) is 0 Å². The molecule has 3 aliphatic heterocycles. The molecular formula is C17H15N3O8S. The van der Waals surface area contributed by atoms with Crippen molar-refractivity contribution in [1.29, 1.82) is 0 Å². The first-order valence-electron chi connectivity index (χ1n) is 8.53. The third-order valence-corrected chi connectivity index (χ3v) is 6.83. The van der Waals surface area contributed by atoms with E-state index in [1.807, 2.05) is 0 Å². The average Bonchev–Trinajstić information content (AvgIpc) is 2.92. The Kier molecular flexibility index (Phi) is 4.26. The first kappa shape index (κ1) is 19.2. The smallest absolute Gasteiger partial charge is 0.331 e. The zero-order valence-corrected chi connectivity index (χ0v) is 16.1. The number of β-lactam (4-membered cyclic amide) rings is 1. The van der Waals surface area contributed by atoms with Gasteiger partial charge in [-0.15, -0.1) is 21.9 Å². The quantitative estimate of drug-likeness (QED) is 0.217. The first-order chi connectivity index (χ1) is 13.7. The van der Waals surface area contributed by atoms with Crippen LogP contribution in [-0.2, 0) is 19.2 Å². The number of carbonyl (C=O) groups is 4. The molecule has 0 saturated carbocycles. The summed E-state index contributed by atoms with van der Waals surface area (Å²) in [7, 11) is 1.09. The number of thioether (sulfide) groups is 1. The Hall–Kier alpha value is -3.15. The van der Waals surface area contributed by atoms with Crippen LogP contribution in [0.3, 0.4) is 0 Å². The van der Waals surface area contributed by atoms with Crippen LogP contribution >= 0.6 is 11.8 Å². The monoisotopic (exact) mass is 421 g/mol. The molecule has 3 heterocycles. The molecule has 0 spiro atoms. The lowest BCUT2D eigenvalue weighted by Crippen LogP contribution is -2.79. The van der Waals surface area contributed by atoms with Crippen LogP contribution in [0.1, 0.15) is 27.6 Å². The molecular weight excluding hydrogens is 406 g/mol. The number of nitrogens with zero attached hydrogens (tertiary/aromatic N) is 3. The molecule has 0 aromatic heterocycles. The largest absolute Gasteiger partial charge is 0.467 e. The zero-order valence-electron chi connectivity index (χ0n) is 15.3. The van der Waals surface area contributed by atoms with Crippen LogP contribution in [0.5, 0.6) is 0 Å². The lowest BCUT2D eigenvalue weighted by atomic mass is 9.90. The van der Waals surface area contributed by atoms with Gasteiger partial charge in [0.1, 0.15) is 11.4 Å². The summed E-state index contributed by atoms with van der Waals surface area (Å²) in [6.45, 7) is 1.34. The van der Waals surface area contributed by atoms with Gasteiger partial charge >= 0.3 is 5.97 Å². The summed E-state index contributed by atoms with van der Waals surface area (Å²) in [5, 5.41) is 9.16. The molecule has 152 valence electrons. The number of carbonyl (C=O) groups excluding carboxylic acids is 4. The Bertz CT molecular complexity index is 933. The van der Waals surface area contributed by atoms with E-state index in [0.29, 0.717) is 0 Å². The van der Waals surface area contributed by atoms with Gasteiger partial charge in [-0.05, 0) is 19.1 Å². The van der Waals surface area contributed by atoms with E-state index in [1.165, 1.54) is 19.1 Å². The van der Waals surface area contributed by atoms with Gasteiger partial charge in [-0.3, -0.25) is 19.3 Å². The maximum atomic E-state index is 13.0. The topological polar surface area (TPSA) is 136 Å². The molecule has 0 bridgehead atoms. The van der Waals surface area contributed by atoms with E-state index in [0.717, 1.165) is 28.7 Å². The molecule has 3 aliphatic rings. The highest BCUT2D eigenvalue weighted by atomic mass is 32.2. The SMILES string of the molecule is COC(=O)C1N2C(=O)C(N3C(=O)c4ccccc4C3=O)[C@@H]2SC[C@@]1(C)O[N+](=O)[O-]. The Morgan fingerprint density at radius 1 is 1.24 bits per heavy atom. The summed E-state index contributed by atoms with van der Waals surface area (Å²) < 4.78 is 4.73. The number of esters is 1. The standard InChI is InChI=1S/C17H15N3O8S/c1-17(28-20(25)26)7-29-15-10(14(23)19(15)11(17)16(24)27-2)18-12(21)8-5-3-4-6-9(8)13(18)22/h3-6,10-11,15H,7H2,1-2H3/t10?,11?,15-,17+/m0/s1. The fraction of sp³-hybridized carbons (Fsp3) is 0.412. The summed E-state index contributed by atoms with van der Waals surface area (Å²) in [6, 6.07) is 3.74. The van der Waals surface area contributed by atoms with Crippen molar-refractivity contribution in [2.24, 2.45) is 0 Å². The highest BCUT2D eigenvalue weighted by Crippen LogP contribution is 2.47. The van der Waals surface area contributed by atoms with E-state index in [9.17, 15) is 29.3 Å². The number of rotatable bonds is 4. The van der Waals surface area contributed by atoms with E-state index in [1.54, 1.807) is 12.1 Å². The molecule has 29 heavy (non-hydrogen) atoms. The lowest BCUT2D eigenvalue weighted by molar-refractivity contribution is -0.779. The van der Waals surface area contributed by atoms with Crippen molar-refractivity contribution in [3.05, 3.63) is 45.5 Å². The highest BCUT2D eigenvalue weighted by Gasteiger charge is 2.66. The number of benzene rings is 1. The Morgan fingerprint density at radius 2 is 1.83 bits per heavy atom. The van der Waals surface area contributed by atoms with Crippen LogP contribution in [0.25, 0.3) is 0 Å². The minimum Gasteiger partial charge on any atom is -0.467 e. The first-order valence-corrected chi connectivity index (χ1v) is 9.58. The van der Waals surface area contributed by atoms with Gasteiger partial charge in [0.05, 0.1) is 18.2 Å². The van der Waals surface area contributed by atoms with Crippen LogP contribution in [0.15, 0.2) is 24.3 Å². The van der Waals surface area contributed by atoms with E-state index in [4.69, 9.17) is 9.57 Å². The molecule has 4 atom stereocenters. The summed E-state index contributed by atoms with van der Waals surface area (Å²) >= 11 is 1.10. The molecule has 11 nitrogen and oxygen atoms in total. The molecule has 2 unspecified atom stereocenters. The van der Waals surface area contributed by atoms with E-state index >= 15 is 0 Å². The van der Waals surface area contributed by atoms with Crippen LogP contribution in [0.2, 0.25) is 0 Å². The third kappa shape index (κ3) is 2.58. The third-order valence-electron chi connectivity index (χ3n) is 5.26. The van der Waals surface area contributed by atoms with E-state index in [2.05, 4.69) is 0 Å². The Balaban J connectivity index is 1.66. The normalized spacial score (nSPS) is 30.4. The van der Waals surface area contributed by atoms with E-state index < -0.39 is 51.8 Å². The van der Waals surface area contributed by atoms with Crippen LogP contribution in [0, 0.1) is 10.1 Å². The maximum absolute atomic E-state index is 13.0. The predicted molar refractivity (Wildman–Crippen MR) is 96.1 cm³/mol. The molecule has 4 rings (SSSR count). The fourth-order valence-corrected chi connectivity index (χ4v) is 5.48. The van der Waals surface area contributed by atoms with Gasteiger partial charge < -0.3 is 14.5 Å². The molecule has 0 radical (unpaired) electrons. The second-order valence-corrected chi connectivity index (χ2v) is 8.08. The van der Waals surface area contributed by atoms with Crippen molar-refractivity contribution >= 4 is 35.5 Å². The summed E-state index contributed by atoms with van der Waals surface area (Å²) in [5.41, 5.74) is -1.23. The minimum atomic E-state index is -1.64. The van der Waals surface area contributed by atoms with Crippen LogP contribution < -0.4 is 0 Å². The number of methoxy groups -OCH3 is 1. The van der Waals surface area contributed by atoms with Crippen LogP contribution in [-0.4, -0.2) is 74.5 Å². The number of fused-ring (bicyclic) bond motifs is 2. The molecule has 1 aromatic carbocycles. The van der Waals surface area contributed by atoms with Crippen molar-refractivity contribution in [2.75, 3.05) is 12.9 Å². The van der Waals surface area contributed by atoms with Gasteiger partial charge in [-0.2, -0.15) is 0 Å². The predicted octanol–water partition coefficient (Wildman–Crippen LogP) is 0.0749. The molecule has 0 N–H and O–H groups in total. The maximum Gasteiger partial charge on any atom is 0.331 e. The summed E-state index contributed by atoms with van der Waals surface area (Å²) in [4.78, 5) is 68.4. The fourth-order valence-electron chi connectivity index (χ4n) is 3.96. The average molecular weight is 421 g/mol. The van der Waals surface area contributed by atoms with E-state index in [-0.39, 0.29) is 16.9 Å². The van der Waals surface area contributed by atoms with Gasteiger partial charge in [-0.1, -0.05) is 12.1 Å². The molecule has 2 saturated heterocycles. The Morgan fingerprint density at radius 3 is 2.34 bits per heavy atom. The van der Waals surface area contributed by atoms with Crippen molar-refractivity contribution in [1.82, 2.24) is 9.80 Å². The highest BCUT2D eigenvalue weighted by molar-refractivity contribution is 8.00. The second-order valence-electron chi connectivity index (χ2n) is 6.97. The number of amides is 3. The van der Waals surface area contributed by atoms with Gasteiger partial charge in [0.25, 0.3) is 22.8 Å². The minimum absolute atomic E-state index is 0.0259. The molecule has 12 heteroatoms. The van der Waals surface area contributed by atoms with Crippen molar-refractivity contribution in [3.63, 3.8) is 0 Å². The zero-order chi connectivity index (χ0) is 21.1. The Labute approximate surface area is 168 Å². The molecule has 3 amide bonds. The van der Waals surface area contributed by atoms with Crippen molar-refractivity contribution in [2.45, 2.75) is 30.0 Å². The molecule has 0 aliphatic carbocycles. The molecule has 2 fully saturated rings. The van der Waals surface area contributed by atoms with Crippen molar-refractivity contribution < 1.29 is 33.8 Å². The van der Waals surface area contributed by atoms with Gasteiger partial charge in [0.15, 0.2) is 11.6 Å². The second kappa shape index (κ2) is 6.44. The van der Waals surface area contributed by atoms with Gasteiger partial charge in [-0.25, -0.2) is 4.79 Å². The van der Waals surface area contributed by atoms with Crippen molar-refractivity contribution in [3.8, 4) is 0 Å². The number of hydrogen-bond donors (Lipinski definition) is 0. The molecule has 1 aromatic rings. The number of hydrogen-bond acceptors (Lipinski definition) is 9. The summed E-state index contributed by atoms with van der Waals surface area (Å²) in [5.74, 6) is -2.76. The summed E-state index contributed by atoms with van der Waals surface area (Å²) in [6.07, 6.45) is 0. The number of ether oxygens (including phenoxy) is 1. The van der Waals surface area contributed by atoms with Crippen LogP contribution in [0.4, 0.5) is 0 Å².